The second-order valence-corrected chi connectivity index (χ2v) is 2.14. The van der Waals surface area contributed by atoms with Crippen molar-refractivity contribution in [2.45, 2.75) is 0 Å². The largest absolute Gasteiger partial charge is 0.304 e. The Bertz CT molecular complexity index is 82.2. The lowest BCUT2D eigenvalue weighted by Crippen LogP contribution is -2.36. The molecule has 0 spiro atoms. The van der Waals surface area contributed by atoms with Crippen LogP contribution < -0.4 is 11.3 Å². The van der Waals surface area contributed by atoms with E-state index in [0.717, 1.165) is 5.75 Å². The molecule has 0 aromatic heterocycles. The van der Waals surface area contributed by atoms with Crippen LogP contribution >= 0.6 is 11.9 Å². The van der Waals surface area contributed by atoms with Crippen molar-refractivity contribution in [1.29, 1.82) is 0 Å². The molecule has 0 amide bonds. The Morgan fingerprint density at radius 1 is 1.86 bits per heavy atom. The van der Waals surface area contributed by atoms with Crippen LogP contribution in [0.25, 0.3) is 0 Å². The fourth-order valence-electron chi connectivity index (χ4n) is 0.335. The molecule has 40 valence electrons. The third kappa shape index (κ3) is 1.38. The zero-order chi connectivity index (χ0) is 5.11. The smallest absolute Gasteiger partial charge is 0.0310 e. The lowest BCUT2D eigenvalue weighted by Gasteiger charge is -2.16. The average Bonchev–Trinajstić information content (AvgIpc) is 1.69. The Kier molecular flexibility index (Phi) is 1.56. The third-order valence-corrected chi connectivity index (χ3v) is 1.35. The van der Waals surface area contributed by atoms with Crippen LogP contribution in [-0.4, -0.2) is 10.3 Å². The van der Waals surface area contributed by atoms with E-state index >= 15 is 0 Å². The summed E-state index contributed by atoms with van der Waals surface area (Å²) in [6.45, 7) is 0. The zero-order valence-corrected chi connectivity index (χ0v) is 4.61. The van der Waals surface area contributed by atoms with Gasteiger partial charge in [-0.05, 0) is 11.9 Å². The molecule has 0 saturated heterocycles. The van der Waals surface area contributed by atoms with Crippen molar-refractivity contribution in [1.82, 2.24) is 9.95 Å². The van der Waals surface area contributed by atoms with Gasteiger partial charge in [-0.2, -0.15) is 0 Å². The van der Waals surface area contributed by atoms with E-state index in [0.29, 0.717) is 0 Å². The SMILES string of the molecule is NN1NC=CCS1. The Morgan fingerprint density at radius 3 is 3.00 bits per heavy atom. The fraction of sp³-hybridized carbons (Fsp3) is 0.333. The normalized spacial score (nSPS) is 21.9. The molecule has 1 rings (SSSR count). The number of nitrogens with zero attached hydrogens (tertiary/aromatic N) is 1. The molecule has 1 heterocycles. The topological polar surface area (TPSA) is 41.3 Å². The summed E-state index contributed by atoms with van der Waals surface area (Å²) in [5.41, 5.74) is 2.78. The van der Waals surface area contributed by atoms with Crippen molar-refractivity contribution in [3.63, 3.8) is 0 Å². The summed E-state index contributed by atoms with van der Waals surface area (Å²) in [7, 11) is 0. The van der Waals surface area contributed by atoms with E-state index in [9.17, 15) is 0 Å². The average molecular weight is 117 g/mol. The molecule has 1 aliphatic heterocycles. The first-order valence-electron chi connectivity index (χ1n) is 1.98. The summed E-state index contributed by atoms with van der Waals surface area (Å²) in [4.78, 5) is 0. The van der Waals surface area contributed by atoms with Gasteiger partial charge in [0, 0.05) is 12.0 Å². The highest BCUT2D eigenvalue weighted by Gasteiger charge is 1.95. The van der Waals surface area contributed by atoms with Crippen molar-refractivity contribution >= 4 is 11.9 Å². The maximum atomic E-state index is 5.27. The predicted molar refractivity (Wildman–Crippen MR) is 30.8 cm³/mol. The summed E-state index contributed by atoms with van der Waals surface area (Å²) >= 11 is 1.53. The summed E-state index contributed by atoms with van der Waals surface area (Å²) in [6.07, 6.45) is 3.82. The Labute approximate surface area is 46.6 Å². The molecule has 0 aliphatic carbocycles. The van der Waals surface area contributed by atoms with Crippen molar-refractivity contribution in [3.8, 4) is 0 Å². The first-order chi connectivity index (χ1) is 3.39. The van der Waals surface area contributed by atoms with E-state index in [1.165, 1.54) is 16.5 Å². The molecule has 0 aromatic rings. The van der Waals surface area contributed by atoms with Crippen molar-refractivity contribution in [2.24, 2.45) is 5.84 Å². The van der Waals surface area contributed by atoms with Crippen LogP contribution in [0.1, 0.15) is 0 Å². The summed E-state index contributed by atoms with van der Waals surface area (Å²) in [6, 6.07) is 0. The minimum atomic E-state index is 0.962. The molecule has 0 atom stereocenters. The summed E-state index contributed by atoms with van der Waals surface area (Å²) in [5.74, 6) is 6.23. The zero-order valence-electron chi connectivity index (χ0n) is 3.79. The molecule has 0 fully saturated rings. The number of hydrogen-bond acceptors (Lipinski definition) is 4. The third-order valence-electron chi connectivity index (χ3n) is 0.629. The molecule has 3 N–H and O–H groups in total. The molecule has 0 bridgehead atoms. The Hall–Kier alpha value is -0.190. The van der Waals surface area contributed by atoms with E-state index in [4.69, 9.17) is 5.84 Å². The molecule has 0 saturated carbocycles. The van der Waals surface area contributed by atoms with Crippen LogP contribution in [0.2, 0.25) is 0 Å². The number of rotatable bonds is 0. The number of nitrogens with one attached hydrogen (secondary N) is 1. The van der Waals surface area contributed by atoms with E-state index < -0.39 is 0 Å². The molecular formula is C3H7N3S. The van der Waals surface area contributed by atoms with Crippen LogP contribution in [-0.2, 0) is 0 Å². The molecular weight excluding hydrogens is 110 g/mol. The minimum absolute atomic E-state index is 0.962. The first kappa shape index (κ1) is 4.96. The van der Waals surface area contributed by atoms with Gasteiger partial charge in [0.2, 0.25) is 0 Å². The summed E-state index contributed by atoms with van der Waals surface area (Å²) < 4.78 is 1.47. The molecule has 3 nitrogen and oxygen atoms in total. The van der Waals surface area contributed by atoms with Gasteiger partial charge in [0.05, 0.1) is 0 Å². The van der Waals surface area contributed by atoms with Gasteiger partial charge in [-0.1, -0.05) is 6.08 Å². The van der Waals surface area contributed by atoms with Crippen molar-refractivity contribution in [3.05, 3.63) is 12.3 Å². The van der Waals surface area contributed by atoms with Crippen molar-refractivity contribution < 1.29 is 0 Å². The quantitative estimate of drug-likeness (QED) is 0.342. The van der Waals surface area contributed by atoms with Gasteiger partial charge in [-0.25, -0.2) is 5.84 Å². The fourth-order valence-corrected chi connectivity index (χ4v) is 0.813. The van der Waals surface area contributed by atoms with Gasteiger partial charge in [-0.15, -0.1) is 4.52 Å². The maximum absolute atomic E-state index is 5.27. The highest BCUT2D eigenvalue weighted by atomic mass is 32.2. The van der Waals surface area contributed by atoms with E-state index in [2.05, 4.69) is 5.43 Å². The second-order valence-electron chi connectivity index (χ2n) is 1.15. The van der Waals surface area contributed by atoms with Gasteiger partial charge >= 0.3 is 0 Å². The number of hydrazine groups is 2. The van der Waals surface area contributed by atoms with Crippen LogP contribution in [0.4, 0.5) is 0 Å². The maximum Gasteiger partial charge on any atom is 0.0310 e. The highest BCUT2D eigenvalue weighted by Crippen LogP contribution is 2.03. The predicted octanol–water partition coefficient (Wildman–Crippen LogP) is -0.158. The molecule has 4 heteroatoms. The Morgan fingerprint density at radius 2 is 2.71 bits per heavy atom. The van der Waals surface area contributed by atoms with E-state index in [1.54, 1.807) is 0 Å². The molecule has 1 aliphatic rings. The lowest BCUT2D eigenvalue weighted by atomic mass is 10.7. The highest BCUT2D eigenvalue weighted by molar-refractivity contribution is 7.97. The Balaban J connectivity index is 2.32. The minimum Gasteiger partial charge on any atom is -0.304 e. The first-order valence-corrected chi connectivity index (χ1v) is 2.93. The standard InChI is InChI=1S/C3H7N3S/c4-6-5-2-1-3-7-6/h1-2,5H,3-4H2. The molecule has 0 aromatic carbocycles. The molecule has 7 heavy (non-hydrogen) atoms. The molecule has 0 unspecified atom stereocenters. The molecule has 0 radical (unpaired) electrons. The second kappa shape index (κ2) is 2.20. The van der Waals surface area contributed by atoms with Gasteiger partial charge in [-0.3, -0.25) is 0 Å². The van der Waals surface area contributed by atoms with Gasteiger partial charge in [0.15, 0.2) is 0 Å². The lowest BCUT2D eigenvalue weighted by molar-refractivity contribution is 0.425. The van der Waals surface area contributed by atoms with Gasteiger partial charge < -0.3 is 5.43 Å². The van der Waals surface area contributed by atoms with Crippen molar-refractivity contribution in [2.75, 3.05) is 5.75 Å². The number of hydrogen-bond donors (Lipinski definition) is 2. The summed E-state index contributed by atoms with van der Waals surface area (Å²) in [5, 5.41) is 0. The van der Waals surface area contributed by atoms with E-state index in [-0.39, 0.29) is 0 Å². The van der Waals surface area contributed by atoms with Crippen LogP contribution in [0.15, 0.2) is 12.3 Å². The van der Waals surface area contributed by atoms with E-state index in [1.807, 2.05) is 12.3 Å². The number of nitrogens with two attached hydrogens (primary N) is 1. The van der Waals surface area contributed by atoms with Crippen LogP contribution in [0.3, 0.4) is 0 Å². The monoisotopic (exact) mass is 117 g/mol. The van der Waals surface area contributed by atoms with Gasteiger partial charge in [0.1, 0.15) is 0 Å². The van der Waals surface area contributed by atoms with Crippen LogP contribution in [0, 0.1) is 0 Å². The van der Waals surface area contributed by atoms with Gasteiger partial charge in [0.25, 0.3) is 0 Å². The van der Waals surface area contributed by atoms with Crippen LogP contribution in [0.5, 0.6) is 0 Å².